The molecule has 0 aliphatic heterocycles. The van der Waals surface area contributed by atoms with Crippen molar-refractivity contribution in [2.75, 3.05) is 14.2 Å². The van der Waals surface area contributed by atoms with E-state index in [1.54, 1.807) is 19.3 Å². The van der Waals surface area contributed by atoms with Gasteiger partial charge in [0.25, 0.3) is 15.9 Å². The summed E-state index contributed by atoms with van der Waals surface area (Å²) in [6.45, 7) is 0. The fourth-order valence-corrected chi connectivity index (χ4v) is 5.49. The van der Waals surface area contributed by atoms with Gasteiger partial charge in [0.2, 0.25) is 0 Å². The average Bonchev–Trinajstić information content (AvgIpc) is 2.87. The third-order valence-corrected chi connectivity index (χ3v) is 7.49. The van der Waals surface area contributed by atoms with Crippen molar-refractivity contribution >= 4 is 78.3 Å². The predicted molar refractivity (Wildman–Crippen MR) is 152 cm³/mol. The van der Waals surface area contributed by atoms with Gasteiger partial charge in [-0.1, -0.05) is 64.5 Å². The van der Waals surface area contributed by atoms with Crippen LogP contribution in [-0.4, -0.2) is 58.1 Å². The number of fused-ring (bicyclic) bond motifs is 1. The normalized spacial score (nSPS) is 11.2. The van der Waals surface area contributed by atoms with E-state index < -0.39 is 15.9 Å². The molecular weight excluding hydrogens is 565 g/mol. The molecule has 1 N–H and O–H groups in total. The SMILES string of the molecule is COc1ccc(Cc2ccc3ccccc3c2)c(/C=C/C(=O)NS(=O)(=O)c2cc(Br)ccc2OC)c1.[NaH]. The Morgan fingerprint density at radius 1 is 0.919 bits per heavy atom. The second-order valence-electron chi connectivity index (χ2n) is 8.02. The second-order valence-corrected chi connectivity index (χ2v) is 10.6. The maximum absolute atomic E-state index is 12.8. The van der Waals surface area contributed by atoms with E-state index >= 15 is 0 Å². The molecule has 0 atom stereocenters. The standard InChI is InChI=1S/C28H24BrNO5S.Na.H/c1-34-25-12-9-22(16-19-7-8-20-5-3-4-6-21(20)15-19)23(17-25)10-14-28(31)30-36(32,33)27-18-24(29)11-13-26(27)35-2;;/h3-15,17-18H,16H2,1-2H3,(H,30,31);;/b14-10+;;. The molecular formula is C28H25BrNNaO5S. The first kappa shape index (κ1) is 28.9. The monoisotopic (exact) mass is 589 g/mol. The van der Waals surface area contributed by atoms with E-state index in [4.69, 9.17) is 9.47 Å². The van der Waals surface area contributed by atoms with Gasteiger partial charge in [0.15, 0.2) is 0 Å². The molecule has 9 heteroatoms. The Labute approximate surface area is 247 Å². The first-order valence-electron chi connectivity index (χ1n) is 11.0. The molecule has 186 valence electrons. The number of benzene rings is 4. The Morgan fingerprint density at radius 2 is 1.68 bits per heavy atom. The van der Waals surface area contributed by atoms with Crippen molar-refractivity contribution in [3.63, 3.8) is 0 Å². The van der Waals surface area contributed by atoms with Gasteiger partial charge >= 0.3 is 29.6 Å². The molecule has 0 saturated heterocycles. The number of ether oxygens (including phenoxy) is 2. The summed E-state index contributed by atoms with van der Waals surface area (Å²) in [4.78, 5) is 12.5. The number of methoxy groups -OCH3 is 2. The van der Waals surface area contributed by atoms with Gasteiger partial charge in [-0.25, -0.2) is 13.1 Å². The molecule has 4 aromatic carbocycles. The maximum atomic E-state index is 12.8. The van der Waals surface area contributed by atoms with Crippen LogP contribution in [0.25, 0.3) is 16.8 Å². The van der Waals surface area contributed by atoms with E-state index in [2.05, 4.69) is 51.0 Å². The predicted octanol–water partition coefficient (Wildman–Crippen LogP) is 5.08. The van der Waals surface area contributed by atoms with Crippen molar-refractivity contribution < 1.29 is 22.7 Å². The van der Waals surface area contributed by atoms with E-state index in [9.17, 15) is 13.2 Å². The molecule has 6 nitrogen and oxygen atoms in total. The zero-order chi connectivity index (χ0) is 25.7. The van der Waals surface area contributed by atoms with Crippen molar-refractivity contribution in [2.24, 2.45) is 0 Å². The number of carbonyl (C=O) groups is 1. The number of halogens is 1. The fourth-order valence-electron chi connectivity index (χ4n) is 3.83. The zero-order valence-corrected chi connectivity index (χ0v) is 22.1. The van der Waals surface area contributed by atoms with E-state index in [-0.39, 0.29) is 40.2 Å². The van der Waals surface area contributed by atoms with Crippen molar-refractivity contribution in [3.05, 3.63) is 106 Å². The zero-order valence-electron chi connectivity index (χ0n) is 19.7. The summed E-state index contributed by atoms with van der Waals surface area (Å²) in [5.41, 5.74) is 2.82. The summed E-state index contributed by atoms with van der Waals surface area (Å²) in [7, 11) is -1.22. The number of hydrogen-bond donors (Lipinski definition) is 1. The van der Waals surface area contributed by atoms with Gasteiger partial charge in [-0.05, 0) is 70.3 Å². The summed E-state index contributed by atoms with van der Waals surface area (Å²) in [5.74, 6) is -0.0201. The summed E-state index contributed by atoms with van der Waals surface area (Å²) in [6, 6.07) is 24.6. The number of hydrogen-bond acceptors (Lipinski definition) is 5. The summed E-state index contributed by atoms with van der Waals surface area (Å²) >= 11 is 3.25. The minimum atomic E-state index is -4.15. The average molecular weight is 590 g/mol. The molecule has 0 heterocycles. The summed E-state index contributed by atoms with van der Waals surface area (Å²) in [5, 5.41) is 2.31. The van der Waals surface area contributed by atoms with Gasteiger partial charge in [-0.15, -0.1) is 0 Å². The topological polar surface area (TPSA) is 81.7 Å². The fraction of sp³-hybridized carbons (Fsp3) is 0.107. The van der Waals surface area contributed by atoms with Gasteiger partial charge in [0.1, 0.15) is 16.4 Å². The van der Waals surface area contributed by atoms with Gasteiger partial charge in [0.05, 0.1) is 14.2 Å². The molecule has 0 unspecified atom stereocenters. The first-order valence-corrected chi connectivity index (χ1v) is 13.3. The summed E-state index contributed by atoms with van der Waals surface area (Å²) < 4.78 is 38.7. The van der Waals surface area contributed by atoms with Crippen LogP contribution in [0.2, 0.25) is 0 Å². The van der Waals surface area contributed by atoms with Crippen LogP contribution in [0, 0.1) is 0 Å². The van der Waals surface area contributed by atoms with Crippen LogP contribution in [-0.2, 0) is 21.2 Å². The quantitative estimate of drug-likeness (QED) is 0.229. The second kappa shape index (κ2) is 12.8. The van der Waals surface area contributed by atoms with Crippen LogP contribution in [0.5, 0.6) is 11.5 Å². The molecule has 0 fully saturated rings. The Bertz CT molecular complexity index is 1570. The molecule has 37 heavy (non-hydrogen) atoms. The van der Waals surface area contributed by atoms with E-state index in [1.165, 1.54) is 25.3 Å². The minimum absolute atomic E-state index is 0. The molecule has 0 bridgehead atoms. The first-order chi connectivity index (χ1) is 17.3. The van der Waals surface area contributed by atoms with Gasteiger partial charge in [-0.2, -0.15) is 0 Å². The number of rotatable bonds is 8. The third kappa shape index (κ3) is 7.24. The van der Waals surface area contributed by atoms with Gasteiger partial charge in [-0.3, -0.25) is 4.79 Å². The molecule has 4 rings (SSSR count). The van der Waals surface area contributed by atoms with E-state index in [1.807, 2.05) is 30.3 Å². The summed E-state index contributed by atoms with van der Waals surface area (Å²) in [6.07, 6.45) is 3.41. The van der Waals surface area contributed by atoms with Gasteiger partial charge < -0.3 is 9.47 Å². The Balaban J connectivity index is 0.00000380. The molecule has 0 aromatic heterocycles. The van der Waals surface area contributed by atoms with E-state index in [0.717, 1.165) is 27.5 Å². The molecule has 0 saturated carbocycles. The van der Waals surface area contributed by atoms with E-state index in [0.29, 0.717) is 16.6 Å². The number of amides is 1. The Morgan fingerprint density at radius 3 is 2.41 bits per heavy atom. The van der Waals surface area contributed by atoms with Crippen molar-refractivity contribution in [2.45, 2.75) is 11.3 Å². The molecule has 0 spiro atoms. The van der Waals surface area contributed by atoms with Crippen LogP contribution in [0.3, 0.4) is 0 Å². The molecule has 4 aromatic rings. The third-order valence-electron chi connectivity index (χ3n) is 5.63. The molecule has 1 amide bonds. The molecule has 0 radical (unpaired) electrons. The number of carbonyl (C=O) groups excluding carboxylic acids is 1. The van der Waals surface area contributed by atoms with Crippen LogP contribution < -0.4 is 14.2 Å². The number of sulfonamides is 1. The molecule has 0 aliphatic carbocycles. The Hall–Kier alpha value is -2.62. The van der Waals surface area contributed by atoms with Crippen LogP contribution in [0.1, 0.15) is 16.7 Å². The van der Waals surface area contributed by atoms with Crippen LogP contribution in [0.15, 0.2) is 94.3 Å². The van der Waals surface area contributed by atoms with Crippen molar-refractivity contribution in [1.82, 2.24) is 4.72 Å². The van der Waals surface area contributed by atoms with Crippen molar-refractivity contribution in [1.29, 1.82) is 0 Å². The Kier molecular flexibility index (Phi) is 9.98. The van der Waals surface area contributed by atoms with Gasteiger partial charge in [0, 0.05) is 10.5 Å². The van der Waals surface area contributed by atoms with Crippen molar-refractivity contribution in [3.8, 4) is 11.5 Å². The molecule has 0 aliphatic rings. The number of nitrogens with one attached hydrogen (secondary N) is 1. The van der Waals surface area contributed by atoms with Crippen LogP contribution in [0.4, 0.5) is 0 Å². The van der Waals surface area contributed by atoms with Crippen LogP contribution >= 0.6 is 15.9 Å².